The number of ether oxygens (including phenoxy) is 1. The third-order valence-corrected chi connectivity index (χ3v) is 5.40. The molecule has 2 aliphatic rings. The molecule has 3 atom stereocenters. The number of hydrogen-bond donors (Lipinski definition) is 0. The van der Waals surface area contributed by atoms with Crippen LogP contribution in [0, 0.1) is 0 Å². The summed E-state index contributed by atoms with van der Waals surface area (Å²) < 4.78 is 5.97. The van der Waals surface area contributed by atoms with Crippen LogP contribution in [0.4, 0.5) is 0 Å². The summed E-state index contributed by atoms with van der Waals surface area (Å²) >= 11 is 3.84. The van der Waals surface area contributed by atoms with Gasteiger partial charge in [0.05, 0.1) is 17.0 Å². The van der Waals surface area contributed by atoms with Crippen molar-refractivity contribution < 1.29 is 4.74 Å². The molecule has 0 spiro atoms. The number of fused-ring (bicyclic) bond motifs is 1. The van der Waals surface area contributed by atoms with Gasteiger partial charge in [0.25, 0.3) is 0 Å². The van der Waals surface area contributed by atoms with E-state index < -0.39 is 0 Å². The molecule has 2 heteroatoms. The van der Waals surface area contributed by atoms with Gasteiger partial charge in [0.1, 0.15) is 0 Å². The van der Waals surface area contributed by atoms with Gasteiger partial charge in [-0.25, -0.2) is 0 Å². The van der Waals surface area contributed by atoms with Crippen molar-refractivity contribution in [1.82, 2.24) is 0 Å². The second-order valence-corrected chi connectivity index (χ2v) is 6.69. The van der Waals surface area contributed by atoms with E-state index in [1.165, 1.54) is 44.1 Å². The molecule has 3 unspecified atom stereocenters. The second kappa shape index (κ2) is 5.34. The van der Waals surface area contributed by atoms with Crippen molar-refractivity contribution in [2.45, 2.75) is 62.5 Å². The Balaban J connectivity index is 1.79. The Morgan fingerprint density at radius 1 is 1.17 bits per heavy atom. The third kappa shape index (κ3) is 2.50. The maximum atomic E-state index is 5.97. The molecule has 1 fully saturated rings. The fourth-order valence-corrected chi connectivity index (χ4v) is 3.86. The first-order valence-electron chi connectivity index (χ1n) is 7.15. The quantitative estimate of drug-likeness (QED) is 0.727. The molecular formula is C16H21BrO. The van der Waals surface area contributed by atoms with E-state index >= 15 is 0 Å². The van der Waals surface area contributed by atoms with E-state index in [-0.39, 0.29) is 0 Å². The Labute approximate surface area is 118 Å². The first kappa shape index (κ1) is 12.7. The predicted octanol–water partition coefficient (Wildman–Crippen LogP) is 4.57. The SMILES string of the molecule is CC1CCC(C(Br)c2ccc3c(c2)CCCC3)O1. The molecule has 1 aromatic rings. The van der Waals surface area contributed by atoms with Gasteiger partial charge in [-0.1, -0.05) is 34.1 Å². The van der Waals surface area contributed by atoms with Crippen LogP contribution in [0.25, 0.3) is 0 Å². The lowest BCUT2D eigenvalue weighted by Gasteiger charge is -2.22. The van der Waals surface area contributed by atoms with E-state index in [4.69, 9.17) is 4.74 Å². The van der Waals surface area contributed by atoms with E-state index in [0.717, 1.165) is 0 Å². The summed E-state index contributed by atoms with van der Waals surface area (Å²) in [5.74, 6) is 0. The Kier molecular flexibility index (Phi) is 3.76. The highest BCUT2D eigenvalue weighted by atomic mass is 79.9. The van der Waals surface area contributed by atoms with E-state index in [1.54, 1.807) is 11.1 Å². The molecule has 1 saturated heterocycles. The molecule has 0 bridgehead atoms. The first-order chi connectivity index (χ1) is 8.74. The van der Waals surface area contributed by atoms with Crippen LogP contribution < -0.4 is 0 Å². The lowest BCUT2D eigenvalue weighted by Crippen LogP contribution is -2.15. The van der Waals surface area contributed by atoms with Crippen LogP contribution in [0.2, 0.25) is 0 Å². The van der Waals surface area contributed by atoms with Crippen molar-refractivity contribution in [3.8, 4) is 0 Å². The molecule has 0 saturated carbocycles. The van der Waals surface area contributed by atoms with Crippen molar-refractivity contribution in [2.75, 3.05) is 0 Å². The fraction of sp³-hybridized carbons (Fsp3) is 0.625. The minimum atomic E-state index is 0.349. The average Bonchev–Trinajstić information content (AvgIpc) is 2.84. The van der Waals surface area contributed by atoms with Crippen molar-refractivity contribution in [3.05, 3.63) is 34.9 Å². The highest BCUT2D eigenvalue weighted by Gasteiger charge is 2.29. The summed E-state index contributed by atoms with van der Waals surface area (Å²) in [6.07, 6.45) is 8.36. The zero-order chi connectivity index (χ0) is 12.5. The summed E-state index contributed by atoms with van der Waals surface area (Å²) in [4.78, 5) is 0.356. The monoisotopic (exact) mass is 308 g/mol. The molecule has 0 radical (unpaired) electrons. The van der Waals surface area contributed by atoms with Gasteiger partial charge in [-0.15, -0.1) is 0 Å². The van der Waals surface area contributed by atoms with E-state index in [0.29, 0.717) is 17.0 Å². The minimum Gasteiger partial charge on any atom is -0.374 e. The van der Waals surface area contributed by atoms with Crippen molar-refractivity contribution in [3.63, 3.8) is 0 Å². The van der Waals surface area contributed by atoms with Crippen LogP contribution in [0.3, 0.4) is 0 Å². The summed E-state index contributed by atoms with van der Waals surface area (Å²) in [5, 5.41) is 0. The molecule has 1 heterocycles. The van der Waals surface area contributed by atoms with E-state index in [2.05, 4.69) is 41.1 Å². The molecule has 3 rings (SSSR count). The third-order valence-electron chi connectivity index (χ3n) is 4.28. The first-order valence-corrected chi connectivity index (χ1v) is 8.07. The van der Waals surface area contributed by atoms with E-state index in [9.17, 15) is 0 Å². The smallest absolute Gasteiger partial charge is 0.0745 e. The van der Waals surface area contributed by atoms with Gasteiger partial charge in [0.15, 0.2) is 0 Å². The normalized spacial score (nSPS) is 29.0. The van der Waals surface area contributed by atoms with Gasteiger partial charge in [0.2, 0.25) is 0 Å². The van der Waals surface area contributed by atoms with Crippen LogP contribution in [0.5, 0.6) is 0 Å². The minimum absolute atomic E-state index is 0.349. The molecule has 1 aliphatic heterocycles. The topological polar surface area (TPSA) is 9.23 Å². The highest BCUT2D eigenvalue weighted by Crippen LogP contribution is 2.37. The van der Waals surface area contributed by atoms with Gasteiger partial charge >= 0.3 is 0 Å². The zero-order valence-electron chi connectivity index (χ0n) is 11.0. The fourth-order valence-electron chi connectivity index (χ4n) is 3.19. The van der Waals surface area contributed by atoms with Crippen LogP contribution >= 0.6 is 15.9 Å². The standard InChI is InChI=1S/C16H21BrO/c1-11-6-9-15(18-11)16(17)14-8-7-12-4-2-3-5-13(12)10-14/h7-8,10-11,15-16H,2-6,9H2,1H3. The maximum absolute atomic E-state index is 5.97. The Bertz CT molecular complexity index is 429. The maximum Gasteiger partial charge on any atom is 0.0745 e. The molecule has 1 nitrogen and oxygen atoms in total. The molecule has 0 N–H and O–H groups in total. The second-order valence-electron chi connectivity index (χ2n) is 5.70. The number of aryl methyl sites for hydroxylation is 2. The van der Waals surface area contributed by atoms with Gasteiger partial charge < -0.3 is 4.74 Å². The summed E-state index contributed by atoms with van der Waals surface area (Å²) in [7, 11) is 0. The largest absolute Gasteiger partial charge is 0.374 e. The lowest BCUT2D eigenvalue weighted by molar-refractivity contribution is 0.0557. The summed E-state index contributed by atoms with van der Waals surface area (Å²) in [6, 6.07) is 7.02. The van der Waals surface area contributed by atoms with Crippen LogP contribution in [-0.2, 0) is 17.6 Å². The van der Waals surface area contributed by atoms with Gasteiger partial charge in [-0.05, 0) is 62.1 Å². The Hall–Kier alpha value is -0.340. The summed E-state index contributed by atoms with van der Waals surface area (Å²) in [6.45, 7) is 2.17. The Morgan fingerprint density at radius 3 is 2.67 bits per heavy atom. The lowest BCUT2D eigenvalue weighted by atomic mass is 9.89. The number of rotatable bonds is 2. The van der Waals surface area contributed by atoms with Gasteiger partial charge in [-0.3, -0.25) is 0 Å². The van der Waals surface area contributed by atoms with Crippen LogP contribution in [-0.4, -0.2) is 12.2 Å². The van der Waals surface area contributed by atoms with Crippen molar-refractivity contribution >= 4 is 15.9 Å². The van der Waals surface area contributed by atoms with Gasteiger partial charge in [0, 0.05) is 0 Å². The number of benzene rings is 1. The number of alkyl halides is 1. The number of halogens is 1. The van der Waals surface area contributed by atoms with Gasteiger partial charge in [-0.2, -0.15) is 0 Å². The molecule has 98 valence electrons. The molecule has 1 aliphatic carbocycles. The molecule has 0 aromatic heterocycles. The molecule has 18 heavy (non-hydrogen) atoms. The van der Waals surface area contributed by atoms with Crippen LogP contribution in [0.1, 0.15) is 54.1 Å². The number of hydrogen-bond acceptors (Lipinski definition) is 1. The van der Waals surface area contributed by atoms with Crippen LogP contribution in [0.15, 0.2) is 18.2 Å². The zero-order valence-corrected chi connectivity index (χ0v) is 12.6. The average molecular weight is 309 g/mol. The van der Waals surface area contributed by atoms with Crippen molar-refractivity contribution in [1.29, 1.82) is 0 Å². The Morgan fingerprint density at radius 2 is 1.94 bits per heavy atom. The molecule has 1 aromatic carbocycles. The molecule has 0 amide bonds. The highest BCUT2D eigenvalue weighted by molar-refractivity contribution is 9.09. The summed E-state index contributed by atoms with van der Waals surface area (Å²) in [5.41, 5.74) is 4.52. The van der Waals surface area contributed by atoms with Crippen molar-refractivity contribution in [2.24, 2.45) is 0 Å². The molecular weight excluding hydrogens is 288 g/mol. The van der Waals surface area contributed by atoms with E-state index in [1.807, 2.05) is 0 Å². The predicted molar refractivity (Wildman–Crippen MR) is 78.3 cm³/mol.